The van der Waals surface area contributed by atoms with E-state index in [1.54, 1.807) is 17.1 Å². The topological polar surface area (TPSA) is 97.2 Å². The zero-order valence-corrected chi connectivity index (χ0v) is 21.5. The summed E-state index contributed by atoms with van der Waals surface area (Å²) in [7, 11) is 1.87. The lowest BCUT2D eigenvalue weighted by Gasteiger charge is -2.42. The van der Waals surface area contributed by atoms with Crippen LogP contribution in [0.1, 0.15) is 57.2 Å². The summed E-state index contributed by atoms with van der Waals surface area (Å²) < 4.78 is 7.71. The Balaban J connectivity index is 1.28. The van der Waals surface area contributed by atoms with Crippen LogP contribution in [0.2, 0.25) is 0 Å². The molecule has 2 aliphatic rings. The summed E-state index contributed by atoms with van der Waals surface area (Å²) in [5.41, 5.74) is 5.03. The number of amides is 2. The number of ether oxygens (including phenoxy) is 1. The van der Waals surface area contributed by atoms with E-state index in [0.29, 0.717) is 19.0 Å². The van der Waals surface area contributed by atoms with Gasteiger partial charge < -0.3 is 20.3 Å². The third kappa shape index (κ3) is 5.67. The van der Waals surface area contributed by atoms with Gasteiger partial charge in [-0.2, -0.15) is 5.10 Å². The van der Waals surface area contributed by atoms with Gasteiger partial charge in [-0.15, -0.1) is 0 Å². The fourth-order valence-electron chi connectivity index (χ4n) is 4.90. The first kappa shape index (κ1) is 24.2. The van der Waals surface area contributed by atoms with E-state index in [1.165, 1.54) is 11.1 Å². The van der Waals surface area contributed by atoms with Gasteiger partial charge in [-0.1, -0.05) is 18.6 Å². The van der Waals surface area contributed by atoms with Gasteiger partial charge in [0.25, 0.3) is 0 Å². The number of urea groups is 1. The number of rotatable bonds is 5. The average molecular weight is 490 g/mol. The number of carbonyl (C=O) groups is 1. The summed E-state index contributed by atoms with van der Waals surface area (Å²) in [6.45, 7) is 7.43. The van der Waals surface area contributed by atoms with Gasteiger partial charge >= 0.3 is 6.03 Å². The van der Waals surface area contributed by atoms with E-state index in [4.69, 9.17) is 9.72 Å². The standard InChI is InChI=1S/C27H35N7O2/c1-27(2,3)36-21-16-34(17-21)26(35)32-24-8-6-5-7-18-13-19(9-10-22(18)24)23-11-12-28-25(31-23)30-20-14-29-33(4)15-20/h9-15,21,24H,5-8,16-17H2,1-4H3,(H,32,35)(H,28,30,31)/t24-/m1/s1. The number of fused-ring (bicyclic) bond motifs is 1. The fourth-order valence-corrected chi connectivity index (χ4v) is 4.90. The highest BCUT2D eigenvalue weighted by atomic mass is 16.5. The lowest BCUT2D eigenvalue weighted by molar-refractivity contribution is -0.111. The molecule has 0 saturated carbocycles. The summed E-state index contributed by atoms with van der Waals surface area (Å²) in [6, 6.07) is 8.39. The molecule has 0 spiro atoms. The molecule has 2 amide bonds. The van der Waals surface area contributed by atoms with Crippen LogP contribution in [0.3, 0.4) is 0 Å². The van der Waals surface area contributed by atoms with Crippen LogP contribution in [-0.2, 0) is 18.2 Å². The molecule has 9 heteroatoms. The predicted octanol–water partition coefficient (Wildman–Crippen LogP) is 4.60. The van der Waals surface area contributed by atoms with Gasteiger partial charge in [0, 0.05) is 25.0 Å². The number of carbonyl (C=O) groups excluding carboxylic acids is 1. The van der Waals surface area contributed by atoms with Crippen molar-refractivity contribution in [1.82, 2.24) is 30.0 Å². The summed E-state index contributed by atoms with van der Waals surface area (Å²) in [6.07, 6.45) is 9.62. The molecule has 36 heavy (non-hydrogen) atoms. The highest BCUT2D eigenvalue weighted by Crippen LogP contribution is 2.32. The van der Waals surface area contributed by atoms with Crippen LogP contribution in [0.25, 0.3) is 11.3 Å². The van der Waals surface area contributed by atoms with E-state index in [2.05, 4.69) is 38.9 Å². The Hall–Kier alpha value is -3.46. The minimum atomic E-state index is -0.190. The Morgan fingerprint density at radius 1 is 1.17 bits per heavy atom. The highest BCUT2D eigenvalue weighted by molar-refractivity contribution is 5.76. The van der Waals surface area contributed by atoms with Crippen LogP contribution < -0.4 is 10.6 Å². The van der Waals surface area contributed by atoms with Crippen LogP contribution in [0, 0.1) is 0 Å². The van der Waals surface area contributed by atoms with Gasteiger partial charge in [-0.25, -0.2) is 14.8 Å². The zero-order chi connectivity index (χ0) is 25.3. The molecule has 2 aromatic heterocycles. The van der Waals surface area contributed by atoms with E-state index in [-0.39, 0.29) is 23.8 Å². The van der Waals surface area contributed by atoms with Crippen molar-refractivity contribution in [3.63, 3.8) is 0 Å². The highest BCUT2D eigenvalue weighted by Gasteiger charge is 2.35. The summed E-state index contributed by atoms with van der Waals surface area (Å²) in [5.74, 6) is 0.531. The van der Waals surface area contributed by atoms with Crippen molar-refractivity contribution in [2.24, 2.45) is 7.05 Å². The van der Waals surface area contributed by atoms with E-state index < -0.39 is 0 Å². The molecule has 1 atom stereocenters. The second-order valence-corrected chi connectivity index (χ2v) is 10.7. The molecule has 9 nitrogen and oxygen atoms in total. The first-order valence-electron chi connectivity index (χ1n) is 12.7. The van der Waals surface area contributed by atoms with Crippen molar-refractivity contribution in [3.05, 3.63) is 54.0 Å². The van der Waals surface area contributed by atoms with E-state index in [0.717, 1.165) is 42.6 Å². The largest absolute Gasteiger partial charge is 0.369 e. The second kappa shape index (κ2) is 9.89. The normalized spacial score (nSPS) is 18.2. The zero-order valence-electron chi connectivity index (χ0n) is 21.5. The van der Waals surface area contributed by atoms with Gasteiger partial charge in [0.15, 0.2) is 0 Å². The number of aromatic nitrogens is 4. The Morgan fingerprint density at radius 2 is 2.00 bits per heavy atom. The second-order valence-electron chi connectivity index (χ2n) is 10.7. The maximum absolute atomic E-state index is 12.9. The number of benzene rings is 1. The molecule has 0 unspecified atom stereocenters. The fraction of sp³-hybridized carbons (Fsp3) is 0.481. The van der Waals surface area contributed by atoms with E-state index >= 15 is 0 Å². The van der Waals surface area contributed by atoms with Crippen LogP contribution >= 0.6 is 0 Å². The Labute approximate surface area is 212 Å². The Kier molecular flexibility index (Phi) is 6.66. The molecule has 190 valence electrons. The lowest BCUT2D eigenvalue weighted by Crippen LogP contribution is -2.59. The molecule has 1 aliphatic heterocycles. The molecular formula is C27H35N7O2. The maximum Gasteiger partial charge on any atom is 0.318 e. The maximum atomic E-state index is 12.9. The number of nitrogens with zero attached hydrogens (tertiary/aromatic N) is 5. The quantitative estimate of drug-likeness (QED) is 0.509. The summed E-state index contributed by atoms with van der Waals surface area (Å²) >= 11 is 0. The van der Waals surface area contributed by atoms with Gasteiger partial charge in [-0.3, -0.25) is 4.68 Å². The SMILES string of the molecule is Cn1cc(Nc2nccc(-c3ccc4c(c3)CCCC[C@H]4NC(=O)N3CC(OC(C)(C)C)C3)n2)cn1. The van der Waals surface area contributed by atoms with Crippen LogP contribution in [0.4, 0.5) is 16.4 Å². The minimum Gasteiger partial charge on any atom is -0.369 e. The average Bonchev–Trinajstić information content (AvgIpc) is 3.10. The number of aryl methyl sites for hydroxylation is 2. The third-order valence-electron chi connectivity index (χ3n) is 6.57. The van der Waals surface area contributed by atoms with Gasteiger partial charge in [0.2, 0.25) is 5.95 Å². The minimum absolute atomic E-state index is 0.00685. The number of likely N-dealkylation sites (tertiary alicyclic amines) is 1. The van der Waals surface area contributed by atoms with Crippen molar-refractivity contribution in [3.8, 4) is 11.3 Å². The van der Waals surface area contributed by atoms with E-state index in [1.807, 2.05) is 45.0 Å². The molecule has 2 N–H and O–H groups in total. The van der Waals surface area contributed by atoms with E-state index in [9.17, 15) is 4.79 Å². The molecule has 1 fully saturated rings. The smallest absolute Gasteiger partial charge is 0.318 e. The van der Waals surface area contributed by atoms with Gasteiger partial charge in [0.05, 0.1) is 48.4 Å². The Morgan fingerprint density at radius 3 is 2.75 bits per heavy atom. The Bertz CT molecular complexity index is 1230. The first-order chi connectivity index (χ1) is 17.2. The first-order valence-corrected chi connectivity index (χ1v) is 12.7. The monoisotopic (exact) mass is 489 g/mol. The summed E-state index contributed by atoms with van der Waals surface area (Å²) in [5, 5.41) is 10.7. The lowest BCUT2D eigenvalue weighted by atomic mass is 9.95. The van der Waals surface area contributed by atoms with Crippen LogP contribution in [0.5, 0.6) is 0 Å². The summed E-state index contributed by atoms with van der Waals surface area (Å²) in [4.78, 5) is 23.8. The van der Waals surface area contributed by atoms with Gasteiger partial charge in [0.1, 0.15) is 0 Å². The van der Waals surface area contributed by atoms with Crippen molar-refractivity contribution in [2.75, 3.05) is 18.4 Å². The molecule has 5 rings (SSSR count). The van der Waals surface area contributed by atoms with Crippen LogP contribution in [0.15, 0.2) is 42.9 Å². The number of anilines is 2. The van der Waals surface area contributed by atoms with Crippen molar-refractivity contribution in [1.29, 1.82) is 0 Å². The van der Waals surface area contributed by atoms with Gasteiger partial charge in [-0.05, 0) is 63.3 Å². The van der Waals surface area contributed by atoms with Crippen LogP contribution in [-0.4, -0.2) is 55.5 Å². The molecule has 3 heterocycles. The van der Waals surface area contributed by atoms with Crippen molar-refractivity contribution < 1.29 is 9.53 Å². The molecule has 1 saturated heterocycles. The third-order valence-corrected chi connectivity index (χ3v) is 6.57. The molecular weight excluding hydrogens is 454 g/mol. The number of hydrogen-bond donors (Lipinski definition) is 2. The molecule has 0 bridgehead atoms. The predicted molar refractivity (Wildman–Crippen MR) is 139 cm³/mol. The van der Waals surface area contributed by atoms with Crippen molar-refractivity contribution >= 4 is 17.7 Å². The molecule has 1 aliphatic carbocycles. The number of hydrogen-bond acceptors (Lipinski definition) is 6. The molecule has 1 aromatic carbocycles. The molecule has 0 radical (unpaired) electrons. The number of nitrogens with one attached hydrogen (secondary N) is 2. The molecule has 3 aromatic rings. The van der Waals surface area contributed by atoms with Crippen molar-refractivity contribution in [2.45, 2.75) is 64.2 Å².